The third-order valence-electron chi connectivity index (χ3n) is 4.73. The highest BCUT2D eigenvalue weighted by Gasteiger charge is 2.57. The fourth-order valence-electron chi connectivity index (χ4n) is 3.10. The van der Waals surface area contributed by atoms with Crippen LogP contribution in [0.15, 0.2) is 24.3 Å². The van der Waals surface area contributed by atoms with Gasteiger partial charge in [0.25, 0.3) is 0 Å². The average Bonchev–Trinajstić information content (AvgIpc) is 2.54. The molecule has 21 heavy (non-hydrogen) atoms. The van der Waals surface area contributed by atoms with Crippen molar-refractivity contribution >= 4 is 0 Å². The zero-order chi connectivity index (χ0) is 14.9. The molecule has 0 aliphatic carbocycles. The number of hydrogen-bond donors (Lipinski definition) is 0. The van der Waals surface area contributed by atoms with Crippen molar-refractivity contribution in [1.82, 2.24) is 0 Å². The van der Waals surface area contributed by atoms with Gasteiger partial charge in [-0.3, -0.25) is 0 Å². The van der Waals surface area contributed by atoms with Crippen molar-refractivity contribution in [3.8, 4) is 12.3 Å². The van der Waals surface area contributed by atoms with Crippen molar-refractivity contribution in [3.05, 3.63) is 35.4 Å². The van der Waals surface area contributed by atoms with E-state index in [4.69, 9.17) is 20.6 Å². The van der Waals surface area contributed by atoms with Gasteiger partial charge in [-0.1, -0.05) is 25.7 Å². The van der Waals surface area contributed by atoms with Crippen molar-refractivity contribution in [2.45, 2.75) is 45.2 Å². The summed E-state index contributed by atoms with van der Waals surface area (Å²) in [6.45, 7) is 5.70. The summed E-state index contributed by atoms with van der Waals surface area (Å²) in [5.74, 6) is 1.56. The van der Waals surface area contributed by atoms with E-state index in [0.717, 1.165) is 17.5 Å². The number of rotatable bonds is 4. The minimum absolute atomic E-state index is 0.00346. The van der Waals surface area contributed by atoms with Crippen molar-refractivity contribution in [2.75, 3.05) is 13.2 Å². The highest BCUT2D eigenvalue weighted by molar-refractivity contribution is 5.35. The molecule has 3 nitrogen and oxygen atoms in total. The maximum atomic E-state index is 6.14. The summed E-state index contributed by atoms with van der Waals surface area (Å²) in [4.78, 5) is 0. The van der Waals surface area contributed by atoms with Gasteiger partial charge in [0.15, 0.2) is 0 Å². The second kappa shape index (κ2) is 5.46. The molecule has 2 bridgehead atoms. The molecule has 0 amide bonds. The molecule has 3 fully saturated rings. The van der Waals surface area contributed by atoms with E-state index in [2.05, 4.69) is 19.8 Å². The minimum atomic E-state index is -1.06. The number of hydrogen-bond acceptors (Lipinski definition) is 3. The molecule has 3 aliphatic heterocycles. The molecule has 1 aromatic rings. The van der Waals surface area contributed by atoms with E-state index < -0.39 is 5.97 Å². The first-order chi connectivity index (χ1) is 10.1. The first kappa shape index (κ1) is 14.6. The van der Waals surface area contributed by atoms with E-state index in [9.17, 15) is 0 Å². The fraction of sp³-hybridized carbons (Fsp3) is 0.556. The van der Waals surface area contributed by atoms with E-state index >= 15 is 0 Å². The van der Waals surface area contributed by atoms with Crippen LogP contribution >= 0.6 is 0 Å². The molecule has 1 aromatic carbocycles. The molecule has 3 aliphatic rings. The average molecular weight is 286 g/mol. The largest absolute Gasteiger partial charge is 0.323 e. The smallest absolute Gasteiger partial charge is 0.312 e. The van der Waals surface area contributed by atoms with Crippen LogP contribution in [0.4, 0.5) is 0 Å². The Hall–Kier alpha value is -1.34. The van der Waals surface area contributed by atoms with Gasteiger partial charge in [-0.25, -0.2) is 0 Å². The maximum Gasteiger partial charge on any atom is 0.312 e. The molecule has 0 aromatic heterocycles. The van der Waals surface area contributed by atoms with Crippen LogP contribution in [0.2, 0.25) is 0 Å². The van der Waals surface area contributed by atoms with Gasteiger partial charge in [-0.2, -0.15) is 0 Å². The number of ether oxygens (including phenoxy) is 3. The zero-order valence-corrected chi connectivity index (χ0v) is 12.7. The van der Waals surface area contributed by atoms with Gasteiger partial charge in [0.2, 0.25) is 0 Å². The second-order valence-corrected chi connectivity index (χ2v) is 6.08. The molecule has 1 unspecified atom stereocenters. The summed E-state index contributed by atoms with van der Waals surface area (Å²) in [7, 11) is 0. The van der Waals surface area contributed by atoms with E-state index in [1.165, 1.54) is 12.8 Å². The topological polar surface area (TPSA) is 27.7 Å². The molecule has 3 heterocycles. The van der Waals surface area contributed by atoms with Gasteiger partial charge in [0.1, 0.15) is 0 Å². The highest BCUT2D eigenvalue weighted by Crippen LogP contribution is 2.49. The molecule has 0 saturated carbocycles. The number of fused-ring (bicyclic) bond motifs is 3. The molecular formula is C18H22O3. The van der Waals surface area contributed by atoms with Crippen LogP contribution in [0.3, 0.4) is 0 Å². The summed E-state index contributed by atoms with van der Waals surface area (Å²) >= 11 is 0. The molecule has 3 heteroatoms. The molecule has 4 rings (SSSR count). The molecule has 0 N–H and O–H groups in total. The quantitative estimate of drug-likeness (QED) is 0.794. The van der Waals surface area contributed by atoms with Gasteiger partial charge in [0.05, 0.1) is 19.3 Å². The second-order valence-electron chi connectivity index (χ2n) is 6.08. The lowest BCUT2D eigenvalue weighted by Gasteiger charge is -2.55. The molecule has 0 spiro atoms. The standard InChI is InChI=1S/C18H22O3/c1-4-6-11-17-12-19-18(20-13-17,21-14(17)3)16-9-7-15(5-2)8-10-16/h2,7-10,14H,4,6,11-13H2,1,3H3. The van der Waals surface area contributed by atoms with Gasteiger partial charge >= 0.3 is 5.97 Å². The molecule has 112 valence electrons. The monoisotopic (exact) mass is 286 g/mol. The molecular weight excluding hydrogens is 264 g/mol. The van der Waals surface area contributed by atoms with Gasteiger partial charge < -0.3 is 14.2 Å². The summed E-state index contributed by atoms with van der Waals surface area (Å²) in [5, 5.41) is 0. The van der Waals surface area contributed by atoms with Crippen LogP contribution in [0.5, 0.6) is 0 Å². The molecule has 1 atom stereocenters. The Morgan fingerprint density at radius 2 is 1.90 bits per heavy atom. The SMILES string of the molecule is C#Cc1ccc(C23OCC(CCCC)(CO2)C(C)O3)cc1. The van der Waals surface area contributed by atoms with Crippen molar-refractivity contribution in [1.29, 1.82) is 0 Å². The number of terminal acetylenes is 1. The van der Waals surface area contributed by atoms with Crippen LogP contribution in [0.1, 0.15) is 44.2 Å². The lowest BCUT2D eigenvalue weighted by Crippen LogP contribution is -2.62. The van der Waals surface area contributed by atoms with Crippen LogP contribution in [-0.4, -0.2) is 19.3 Å². The first-order valence-corrected chi connectivity index (χ1v) is 7.67. The lowest BCUT2D eigenvalue weighted by atomic mass is 9.77. The highest BCUT2D eigenvalue weighted by atomic mass is 16.9. The Bertz CT molecular complexity index is 533. The molecule has 3 saturated heterocycles. The van der Waals surface area contributed by atoms with Gasteiger partial charge in [-0.15, -0.1) is 6.42 Å². The summed E-state index contributed by atoms with van der Waals surface area (Å²) in [5.41, 5.74) is 1.71. The van der Waals surface area contributed by atoms with E-state index in [-0.39, 0.29) is 11.5 Å². The number of unbranched alkanes of at least 4 members (excludes halogenated alkanes) is 1. The zero-order valence-electron chi connectivity index (χ0n) is 12.7. The predicted octanol–water partition coefficient (Wildman–Crippen LogP) is 3.42. The first-order valence-electron chi connectivity index (χ1n) is 7.67. The van der Waals surface area contributed by atoms with Crippen molar-refractivity contribution < 1.29 is 14.2 Å². The van der Waals surface area contributed by atoms with Gasteiger partial charge in [-0.05, 0) is 37.6 Å². The third kappa shape index (κ3) is 2.38. The summed E-state index contributed by atoms with van der Waals surface area (Å²) in [6, 6.07) is 7.62. The fourth-order valence-corrected chi connectivity index (χ4v) is 3.10. The van der Waals surface area contributed by atoms with E-state index in [1.54, 1.807) is 0 Å². The summed E-state index contributed by atoms with van der Waals surface area (Å²) in [6.07, 6.45) is 8.94. The van der Waals surface area contributed by atoms with E-state index in [0.29, 0.717) is 13.2 Å². The van der Waals surface area contributed by atoms with Crippen LogP contribution in [0.25, 0.3) is 0 Å². The molecule has 0 radical (unpaired) electrons. The van der Waals surface area contributed by atoms with Crippen molar-refractivity contribution in [3.63, 3.8) is 0 Å². The van der Waals surface area contributed by atoms with E-state index in [1.807, 2.05) is 24.3 Å². The summed E-state index contributed by atoms with van der Waals surface area (Å²) < 4.78 is 18.1. The van der Waals surface area contributed by atoms with Crippen LogP contribution < -0.4 is 0 Å². The Balaban J connectivity index is 1.82. The van der Waals surface area contributed by atoms with Crippen LogP contribution in [0, 0.1) is 17.8 Å². The van der Waals surface area contributed by atoms with Gasteiger partial charge in [0, 0.05) is 16.5 Å². The Labute approximate surface area is 126 Å². The third-order valence-corrected chi connectivity index (χ3v) is 4.73. The number of benzene rings is 1. The maximum absolute atomic E-state index is 6.14. The Morgan fingerprint density at radius 3 is 2.43 bits per heavy atom. The Kier molecular flexibility index (Phi) is 3.79. The van der Waals surface area contributed by atoms with Crippen LogP contribution in [-0.2, 0) is 20.2 Å². The predicted molar refractivity (Wildman–Crippen MR) is 80.5 cm³/mol. The Morgan fingerprint density at radius 1 is 1.24 bits per heavy atom. The lowest BCUT2D eigenvalue weighted by molar-refractivity contribution is -0.498. The minimum Gasteiger partial charge on any atom is -0.323 e. The van der Waals surface area contributed by atoms with Crippen molar-refractivity contribution in [2.24, 2.45) is 5.41 Å². The normalized spacial score (nSPS) is 34.6.